The van der Waals surface area contributed by atoms with Crippen LogP contribution in [0.1, 0.15) is 35.7 Å². The molecule has 0 saturated carbocycles. The van der Waals surface area contributed by atoms with E-state index in [0.29, 0.717) is 11.5 Å². The molecule has 2 aromatic carbocycles. The van der Waals surface area contributed by atoms with E-state index in [9.17, 15) is 9.90 Å². The SMILES string of the molecule is CC(C)c1ccccc1Sc1ccccc1C(=O)O. The van der Waals surface area contributed by atoms with Crippen LogP contribution in [-0.2, 0) is 0 Å². The summed E-state index contributed by atoms with van der Waals surface area (Å²) >= 11 is 1.52. The Morgan fingerprint density at radius 1 is 1.00 bits per heavy atom. The molecule has 0 bridgehead atoms. The molecule has 0 atom stereocenters. The van der Waals surface area contributed by atoms with Crippen LogP contribution in [0.5, 0.6) is 0 Å². The third-order valence-electron chi connectivity index (χ3n) is 2.88. The van der Waals surface area contributed by atoms with Gasteiger partial charge in [0.05, 0.1) is 5.56 Å². The third-order valence-corrected chi connectivity index (χ3v) is 4.05. The van der Waals surface area contributed by atoms with Crippen molar-refractivity contribution >= 4 is 17.7 Å². The van der Waals surface area contributed by atoms with E-state index < -0.39 is 5.97 Å². The normalized spacial score (nSPS) is 10.7. The van der Waals surface area contributed by atoms with E-state index in [0.717, 1.165) is 9.79 Å². The standard InChI is InChI=1S/C16H16O2S/c1-11(2)12-7-3-5-9-14(12)19-15-10-6-4-8-13(15)16(17)18/h3-11H,1-2H3,(H,17,18). The van der Waals surface area contributed by atoms with Crippen molar-refractivity contribution in [2.24, 2.45) is 0 Å². The zero-order chi connectivity index (χ0) is 13.8. The molecule has 2 rings (SSSR count). The molecule has 3 heteroatoms. The molecule has 2 aromatic rings. The summed E-state index contributed by atoms with van der Waals surface area (Å²) in [5, 5.41) is 9.21. The summed E-state index contributed by atoms with van der Waals surface area (Å²) in [7, 11) is 0. The minimum absolute atomic E-state index is 0.353. The summed E-state index contributed by atoms with van der Waals surface area (Å²) in [6.45, 7) is 4.28. The first-order valence-electron chi connectivity index (χ1n) is 6.18. The highest BCUT2D eigenvalue weighted by Gasteiger charge is 2.13. The average Bonchev–Trinajstić information content (AvgIpc) is 2.39. The van der Waals surface area contributed by atoms with Crippen molar-refractivity contribution < 1.29 is 9.90 Å². The smallest absolute Gasteiger partial charge is 0.336 e. The quantitative estimate of drug-likeness (QED) is 0.879. The molecular formula is C16H16O2S. The van der Waals surface area contributed by atoms with Gasteiger partial charge in [0.2, 0.25) is 0 Å². The van der Waals surface area contributed by atoms with Gasteiger partial charge in [-0.15, -0.1) is 0 Å². The zero-order valence-electron chi connectivity index (χ0n) is 11.0. The molecule has 98 valence electrons. The van der Waals surface area contributed by atoms with Gasteiger partial charge >= 0.3 is 5.97 Å². The Labute approximate surface area is 117 Å². The van der Waals surface area contributed by atoms with E-state index in [1.807, 2.05) is 30.3 Å². The Morgan fingerprint density at radius 2 is 1.58 bits per heavy atom. The number of rotatable bonds is 4. The van der Waals surface area contributed by atoms with Crippen molar-refractivity contribution in [3.8, 4) is 0 Å². The van der Waals surface area contributed by atoms with Gasteiger partial charge in [0, 0.05) is 9.79 Å². The minimum atomic E-state index is -0.884. The van der Waals surface area contributed by atoms with Crippen LogP contribution in [0.4, 0.5) is 0 Å². The topological polar surface area (TPSA) is 37.3 Å². The first kappa shape index (κ1) is 13.7. The first-order chi connectivity index (χ1) is 9.09. The molecule has 0 saturated heterocycles. The fourth-order valence-electron chi connectivity index (χ4n) is 1.90. The average molecular weight is 272 g/mol. The second-order valence-corrected chi connectivity index (χ2v) is 5.68. The Morgan fingerprint density at radius 3 is 2.21 bits per heavy atom. The van der Waals surface area contributed by atoms with Crippen LogP contribution in [0.15, 0.2) is 58.3 Å². The van der Waals surface area contributed by atoms with Crippen LogP contribution >= 0.6 is 11.8 Å². The van der Waals surface area contributed by atoms with Crippen LogP contribution in [-0.4, -0.2) is 11.1 Å². The minimum Gasteiger partial charge on any atom is -0.478 e. The van der Waals surface area contributed by atoms with Crippen LogP contribution in [0.25, 0.3) is 0 Å². The summed E-state index contributed by atoms with van der Waals surface area (Å²) in [6.07, 6.45) is 0. The van der Waals surface area contributed by atoms with Crippen molar-refractivity contribution in [3.05, 3.63) is 59.7 Å². The fraction of sp³-hybridized carbons (Fsp3) is 0.188. The predicted octanol–water partition coefficient (Wildman–Crippen LogP) is 4.66. The van der Waals surface area contributed by atoms with Crippen LogP contribution < -0.4 is 0 Å². The summed E-state index contributed by atoms with van der Waals surface area (Å²) < 4.78 is 0. The zero-order valence-corrected chi connectivity index (χ0v) is 11.8. The number of carboxylic acid groups (broad SMARTS) is 1. The summed E-state index contributed by atoms with van der Waals surface area (Å²) in [4.78, 5) is 13.1. The highest BCUT2D eigenvalue weighted by molar-refractivity contribution is 7.99. The van der Waals surface area contributed by atoms with Crippen molar-refractivity contribution in [2.75, 3.05) is 0 Å². The lowest BCUT2D eigenvalue weighted by Gasteiger charge is -2.13. The number of carbonyl (C=O) groups is 1. The lowest BCUT2D eigenvalue weighted by atomic mass is 10.0. The number of hydrogen-bond donors (Lipinski definition) is 1. The van der Waals surface area contributed by atoms with Gasteiger partial charge in [-0.1, -0.05) is 55.9 Å². The van der Waals surface area contributed by atoms with E-state index in [1.165, 1.54) is 17.3 Å². The molecule has 0 amide bonds. The molecule has 0 spiro atoms. The number of aromatic carboxylic acids is 1. The molecule has 0 fully saturated rings. The van der Waals surface area contributed by atoms with Crippen LogP contribution in [0, 0.1) is 0 Å². The Bertz CT molecular complexity index is 591. The lowest BCUT2D eigenvalue weighted by Crippen LogP contribution is -1.98. The molecule has 19 heavy (non-hydrogen) atoms. The molecule has 0 unspecified atom stereocenters. The fourth-order valence-corrected chi connectivity index (χ4v) is 3.12. The highest BCUT2D eigenvalue weighted by Crippen LogP contribution is 2.35. The Balaban J connectivity index is 2.39. The van der Waals surface area contributed by atoms with Crippen molar-refractivity contribution in [1.82, 2.24) is 0 Å². The monoisotopic (exact) mass is 272 g/mol. The number of hydrogen-bond acceptors (Lipinski definition) is 2. The molecule has 0 aliphatic heterocycles. The summed E-state index contributed by atoms with van der Waals surface area (Å²) in [6, 6.07) is 15.2. The summed E-state index contributed by atoms with van der Waals surface area (Å²) in [5.74, 6) is -0.467. The van der Waals surface area contributed by atoms with E-state index in [1.54, 1.807) is 12.1 Å². The van der Waals surface area contributed by atoms with Crippen LogP contribution in [0.3, 0.4) is 0 Å². The maximum Gasteiger partial charge on any atom is 0.336 e. The summed E-state index contributed by atoms with van der Waals surface area (Å²) in [5.41, 5.74) is 1.60. The van der Waals surface area contributed by atoms with Gasteiger partial charge in [-0.25, -0.2) is 4.79 Å². The van der Waals surface area contributed by atoms with Gasteiger partial charge in [-0.3, -0.25) is 0 Å². The van der Waals surface area contributed by atoms with Gasteiger partial charge in [0.25, 0.3) is 0 Å². The molecule has 2 nitrogen and oxygen atoms in total. The molecule has 1 N–H and O–H groups in total. The molecule has 0 aliphatic rings. The highest BCUT2D eigenvalue weighted by atomic mass is 32.2. The van der Waals surface area contributed by atoms with E-state index >= 15 is 0 Å². The maximum absolute atomic E-state index is 11.2. The third kappa shape index (κ3) is 3.18. The molecule has 0 aromatic heterocycles. The Hall–Kier alpha value is -1.74. The van der Waals surface area contributed by atoms with E-state index in [4.69, 9.17) is 0 Å². The lowest BCUT2D eigenvalue weighted by molar-refractivity contribution is 0.0693. The van der Waals surface area contributed by atoms with Gasteiger partial charge in [0.15, 0.2) is 0 Å². The van der Waals surface area contributed by atoms with Crippen molar-refractivity contribution in [3.63, 3.8) is 0 Å². The Kier molecular flexibility index (Phi) is 4.27. The van der Waals surface area contributed by atoms with Gasteiger partial charge in [-0.2, -0.15) is 0 Å². The maximum atomic E-state index is 11.2. The van der Waals surface area contributed by atoms with Gasteiger partial charge in [-0.05, 0) is 29.7 Å². The molecule has 0 radical (unpaired) electrons. The van der Waals surface area contributed by atoms with E-state index in [2.05, 4.69) is 19.9 Å². The molecular weight excluding hydrogens is 256 g/mol. The number of benzene rings is 2. The van der Waals surface area contributed by atoms with Gasteiger partial charge in [0.1, 0.15) is 0 Å². The number of carboxylic acids is 1. The van der Waals surface area contributed by atoms with E-state index in [-0.39, 0.29) is 0 Å². The second-order valence-electron chi connectivity index (χ2n) is 4.60. The first-order valence-corrected chi connectivity index (χ1v) is 7.00. The van der Waals surface area contributed by atoms with Gasteiger partial charge < -0.3 is 5.11 Å². The van der Waals surface area contributed by atoms with Crippen LogP contribution in [0.2, 0.25) is 0 Å². The van der Waals surface area contributed by atoms with Crippen molar-refractivity contribution in [1.29, 1.82) is 0 Å². The molecule has 0 heterocycles. The van der Waals surface area contributed by atoms with Crippen molar-refractivity contribution in [2.45, 2.75) is 29.6 Å². The second kappa shape index (κ2) is 5.93. The largest absolute Gasteiger partial charge is 0.478 e. The molecule has 0 aliphatic carbocycles. The predicted molar refractivity (Wildman–Crippen MR) is 78.1 cm³/mol.